The second-order valence-electron chi connectivity index (χ2n) is 4.39. The molecule has 0 fully saturated rings. The maximum absolute atomic E-state index is 13.2. The molecule has 5 nitrogen and oxygen atoms in total. The summed E-state index contributed by atoms with van der Waals surface area (Å²) >= 11 is 0. The van der Waals surface area contributed by atoms with E-state index in [-0.39, 0.29) is 5.56 Å². The van der Waals surface area contributed by atoms with Crippen LogP contribution in [0.5, 0.6) is 5.75 Å². The molecule has 21 heavy (non-hydrogen) atoms. The Morgan fingerprint density at radius 1 is 1.24 bits per heavy atom. The molecule has 0 aliphatic rings. The Morgan fingerprint density at radius 3 is 2.90 bits per heavy atom. The number of benzene rings is 1. The van der Waals surface area contributed by atoms with Crippen molar-refractivity contribution in [2.24, 2.45) is 0 Å². The first kappa shape index (κ1) is 13.0. The van der Waals surface area contributed by atoms with Crippen LogP contribution in [0.4, 0.5) is 4.39 Å². The Balaban J connectivity index is 1.99. The SMILES string of the molecule is O=c1[nH]c(C=Cc2ccc(O)c(F)c2)nc2cnccc12. The van der Waals surface area contributed by atoms with Gasteiger partial charge in [-0.05, 0) is 29.8 Å². The summed E-state index contributed by atoms with van der Waals surface area (Å²) in [4.78, 5) is 22.6. The van der Waals surface area contributed by atoms with Crippen LogP contribution in [-0.4, -0.2) is 20.1 Å². The van der Waals surface area contributed by atoms with Crippen LogP contribution in [0.25, 0.3) is 23.1 Å². The largest absolute Gasteiger partial charge is 0.505 e. The number of phenols is 1. The molecule has 3 rings (SSSR count). The number of aromatic amines is 1. The summed E-state index contributed by atoms with van der Waals surface area (Å²) < 4.78 is 13.2. The Morgan fingerprint density at radius 2 is 2.10 bits per heavy atom. The zero-order chi connectivity index (χ0) is 14.8. The summed E-state index contributed by atoms with van der Waals surface area (Å²) in [6.07, 6.45) is 6.17. The van der Waals surface area contributed by atoms with Gasteiger partial charge in [0, 0.05) is 6.20 Å². The molecule has 0 spiro atoms. The van der Waals surface area contributed by atoms with Gasteiger partial charge < -0.3 is 10.1 Å². The minimum Gasteiger partial charge on any atom is -0.505 e. The van der Waals surface area contributed by atoms with Crippen LogP contribution in [-0.2, 0) is 0 Å². The third-order valence-electron chi connectivity index (χ3n) is 2.93. The van der Waals surface area contributed by atoms with Crippen molar-refractivity contribution in [3.8, 4) is 5.75 Å². The molecule has 2 heterocycles. The highest BCUT2D eigenvalue weighted by atomic mass is 19.1. The van der Waals surface area contributed by atoms with Gasteiger partial charge in [-0.25, -0.2) is 9.37 Å². The number of H-pyrrole nitrogens is 1. The lowest BCUT2D eigenvalue weighted by Gasteiger charge is -1.99. The van der Waals surface area contributed by atoms with Crippen molar-refractivity contribution in [2.45, 2.75) is 0 Å². The van der Waals surface area contributed by atoms with Gasteiger partial charge in [-0.3, -0.25) is 9.78 Å². The maximum atomic E-state index is 13.2. The van der Waals surface area contributed by atoms with E-state index in [0.29, 0.717) is 22.3 Å². The molecule has 0 bridgehead atoms. The molecule has 0 amide bonds. The Labute approximate surface area is 118 Å². The van der Waals surface area contributed by atoms with Gasteiger partial charge in [-0.2, -0.15) is 0 Å². The number of aromatic nitrogens is 3. The lowest BCUT2D eigenvalue weighted by Crippen LogP contribution is -2.09. The fourth-order valence-electron chi connectivity index (χ4n) is 1.89. The van der Waals surface area contributed by atoms with Crippen molar-refractivity contribution in [1.82, 2.24) is 15.0 Å². The zero-order valence-corrected chi connectivity index (χ0v) is 10.7. The molecule has 0 aliphatic heterocycles. The molecule has 0 atom stereocenters. The number of nitrogens with one attached hydrogen (secondary N) is 1. The van der Waals surface area contributed by atoms with Crippen LogP contribution in [0.3, 0.4) is 0 Å². The predicted molar refractivity (Wildman–Crippen MR) is 77.2 cm³/mol. The number of fused-ring (bicyclic) bond motifs is 1. The molecule has 0 aliphatic carbocycles. The third kappa shape index (κ3) is 2.64. The fourth-order valence-corrected chi connectivity index (χ4v) is 1.89. The molecule has 104 valence electrons. The normalized spacial score (nSPS) is 11.3. The molecule has 6 heteroatoms. The number of halogens is 1. The molecule has 2 aromatic heterocycles. The van der Waals surface area contributed by atoms with Crippen LogP contribution in [0.15, 0.2) is 41.5 Å². The molecular weight excluding hydrogens is 273 g/mol. The van der Waals surface area contributed by atoms with E-state index in [1.165, 1.54) is 24.5 Å². The highest BCUT2D eigenvalue weighted by molar-refractivity contribution is 5.78. The van der Waals surface area contributed by atoms with E-state index >= 15 is 0 Å². The standard InChI is InChI=1S/C15H10FN3O2/c16-11-7-9(1-3-13(11)20)2-4-14-18-12-8-17-6-5-10(12)15(21)19-14/h1-8,20H,(H,18,19,21). The van der Waals surface area contributed by atoms with Crippen molar-refractivity contribution >= 4 is 23.1 Å². The smallest absolute Gasteiger partial charge is 0.259 e. The summed E-state index contributed by atoms with van der Waals surface area (Å²) in [5, 5.41) is 9.57. The van der Waals surface area contributed by atoms with Crippen LogP contribution in [0, 0.1) is 5.82 Å². The summed E-state index contributed by atoms with van der Waals surface area (Å²) in [7, 11) is 0. The van der Waals surface area contributed by atoms with Gasteiger partial charge >= 0.3 is 0 Å². The summed E-state index contributed by atoms with van der Waals surface area (Å²) in [6, 6.07) is 5.58. The second kappa shape index (κ2) is 5.16. The molecule has 0 saturated heterocycles. The first-order valence-corrected chi connectivity index (χ1v) is 6.14. The highest BCUT2D eigenvalue weighted by Crippen LogP contribution is 2.17. The van der Waals surface area contributed by atoms with Gasteiger partial charge in [-0.15, -0.1) is 0 Å². The average Bonchev–Trinajstić information content (AvgIpc) is 2.49. The van der Waals surface area contributed by atoms with E-state index in [2.05, 4.69) is 15.0 Å². The fraction of sp³-hybridized carbons (Fsp3) is 0. The second-order valence-corrected chi connectivity index (χ2v) is 4.39. The number of pyridine rings is 1. The van der Waals surface area contributed by atoms with Crippen molar-refractivity contribution in [3.63, 3.8) is 0 Å². The van der Waals surface area contributed by atoms with E-state index < -0.39 is 11.6 Å². The summed E-state index contributed by atoms with van der Waals surface area (Å²) in [6.45, 7) is 0. The number of hydrogen-bond acceptors (Lipinski definition) is 4. The number of aromatic hydroxyl groups is 1. The van der Waals surface area contributed by atoms with Gasteiger partial charge in [0.15, 0.2) is 11.6 Å². The summed E-state index contributed by atoms with van der Waals surface area (Å²) in [5.74, 6) is -0.772. The quantitative estimate of drug-likeness (QED) is 0.756. The topological polar surface area (TPSA) is 78.9 Å². The van der Waals surface area contributed by atoms with Crippen LogP contribution in [0.2, 0.25) is 0 Å². The van der Waals surface area contributed by atoms with E-state index in [4.69, 9.17) is 5.11 Å². The Hall–Kier alpha value is -3.02. The van der Waals surface area contributed by atoms with Crippen molar-refractivity contribution in [2.75, 3.05) is 0 Å². The maximum Gasteiger partial charge on any atom is 0.259 e. The third-order valence-corrected chi connectivity index (χ3v) is 2.93. The number of phenolic OH excluding ortho intramolecular Hbond substituents is 1. The average molecular weight is 283 g/mol. The molecule has 2 N–H and O–H groups in total. The molecule has 0 unspecified atom stereocenters. The van der Waals surface area contributed by atoms with Crippen molar-refractivity contribution in [3.05, 3.63) is 64.2 Å². The molecule has 0 radical (unpaired) electrons. The number of rotatable bonds is 2. The molecule has 3 aromatic rings. The molecular formula is C15H10FN3O2. The van der Waals surface area contributed by atoms with Crippen LogP contribution >= 0.6 is 0 Å². The zero-order valence-electron chi connectivity index (χ0n) is 10.7. The van der Waals surface area contributed by atoms with Gasteiger partial charge in [0.2, 0.25) is 0 Å². The van der Waals surface area contributed by atoms with Crippen LogP contribution in [0.1, 0.15) is 11.4 Å². The van der Waals surface area contributed by atoms with E-state index in [9.17, 15) is 9.18 Å². The first-order chi connectivity index (χ1) is 10.1. The number of nitrogens with zero attached hydrogens (tertiary/aromatic N) is 2. The van der Waals surface area contributed by atoms with Gasteiger partial charge in [0.05, 0.1) is 17.1 Å². The lowest BCUT2D eigenvalue weighted by molar-refractivity contribution is 0.432. The molecule has 1 aromatic carbocycles. The minimum atomic E-state index is -0.707. The molecule has 0 saturated carbocycles. The minimum absolute atomic E-state index is 0.265. The highest BCUT2D eigenvalue weighted by Gasteiger charge is 2.02. The number of hydrogen-bond donors (Lipinski definition) is 2. The van der Waals surface area contributed by atoms with Crippen molar-refractivity contribution in [1.29, 1.82) is 0 Å². The van der Waals surface area contributed by atoms with E-state index in [1.54, 1.807) is 24.3 Å². The van der Waals surface area contributed by atoms with Crippen molar-refractivity contribution < 1.29 is 9.50 Å². The lowest BCUT2D eigenvalue weighted by atomic mass is 10.2. The Kier molecular flexibility index (Phi) is 3.19. The van der Waals surface area contributed by atoms with Gasteiger partial charge in [-0.1, -0.05) is 12.1 Å². The predicted octanol–water partition coefficient (Wildman–Crippen LogP) is 2.33. The van der Waals surface area contributed by atoms with E-state index in [0.717, 1.165) is 0 Å². The monoisotopic (exact) mass is 283 g/mol. The van der Waals surface area contributed by atoms with Crippen LogP contribution < -0.4 is 5.56 Å². The van der Waals surface area contributed by atoms with E-state index in [1.807, 2.05) is 0 Å². The Bertz CT molecular complexity index is 903. The van der Waals surface area contributed by atoms with Gasteiger partial charge in [0.1, 0.15) is 5.82 Å². The van der Waals surface area contributed by atoms with Gasteiger partial charge in [0.25, 0.3) is 5.56 Å². The summed E-state index contributed by atoms with van der Waals surface area (Å²) in [5.41, 5.74) is 0.760. The first-order valence-electron chi connectivity index (χ1n) is 6.14.